The molecule has 0 radical (unpaired) electrons. The van der Waals surface area contributed by atoms with Crippen molar-refractivity contribution < 1.29 is 23.1 Å². The van der Waals surface area contributed by atoms with Gasteiger partial charge >= 0.3 is 12.1 Å². The van der Waals surface area contributed by atoms with E-state index in [4.69, 9.17) is 10.8 Å². The molecule has 2 rings (SSSR count). The van der Waals surface area contributed by atoms with Gasteiger partial charge in [0.05, 0.1) is 11.0 Å². The zero-order valence-electron chi connectivity index (χ0n) is 8.71. The molecule has 1 fully saturated rings. The van der Waals surface area contributed by atoms with Crippen molar-refractivity contribution in [3.63, 3.8) is 0 Å². The zero-order valence-corrected chi connectivity index (χ0v) is 8.71. The Morgan fingerprint density at radius 2 is 1.94 bits per heavy atom. The molecule has 6 heteroatoms. The zero-order chi connectivity index (χ0) is 12.8. The quantitative estimate of drug-likeness (QED) is 0.786. The van der Waals surface area contributed by atoms with E-state index in [1.807, 2.05) is 0 Å². The fraction of sp³-hybridized carbons (Fsp3) is 0.364. The maximum Gasteiger partial charge on any atom is 0.418 e. The Bertz CT molecular complexity index is 478. The van der Waals surface area contributed by atoms with Gasteiger partial charge in [0.25, 0.3) is 0 Å². The second-order valence-electron chi connectivity index (χ2n) is 4.15. The number of carboxylic acid groups (broad SMARTS) is 1. The predicted molar refractivity (Wildman–Crippen MR) is 54.4 cm³/mol. The van der Waals surface area contributed by atoms with Crippen LogP contribution in [0.3, 0.4) is 0 Å². The molecule has 1 aliphatic rings. The highest BCUT2D eigenvalue weighted by Gasteiger charge is 2.53. The summed E-state index contributed by atoms with van der Waals surface area (Å²) in [5.41, 5.74) is 2.86. The average Bonchev–Trinajstić information content (AvgIpc) is 2.97. The molecule has 0 amide bonds. The van der Waals surface area contributed by atoms with Crippen molar-refractivity contribution in [3.8, 4) is 0 Å². The summed E-state index contributed by atoms with van der Waals surface area (Å²) in [6.07, 6.45) is -3.91. The van der Waals surface area contributed by atoms with Gasteiger partial charge in [-0.05, 0) is 24.5 Å². The van der Waals surface area contributed by atoms with E-state index in [9.17, 15) is 18.0 Å². The molecule has 0 bridgehead atoms. The van der Waals surface area contributed by atoms with Crippen LogP contribution >= 0.6 is 0 Å². The Kier molecular flexibility index (Phi) is 2.34. The first kappa shape index (κ1) is 11.8. The Hall–Kier alpha value is -1.72. The van der Waals surface area contributed by atoms with Crippen molar-refractivity contribution >= 4 is 11.7 Å². The minimum atomic E-state index is -4.56. The Morgan fingerprint density at radius 1 is 1.35 bits per heavy atom. The summed E-state index contributed by atoms with van der Waals surface area (Å²) in [6, 6.07) is 3.40. The topological polar surface area (TPSA) is 63.3 Å². The minimum Gasteiger partial charge on any atom is -0.481 e. The van der Waals surface area contributed by atoms with Crippen LogP contribution in [0.5, 0.6) is 0 Å². The van der Waals surface area contributed by atoms with E-state index in [-0.39, 0.29) is 5.56 Å². The van der Waals surface area contributed by atoms with E-state index >= 15 is 0 Å². The van der Waals surface area contributed by atoms with E-state index in [0.29, 0.717) is 12.8 Å². The van der Waals surface area contributed by atoms with Gasteiger partial charge in [0.2, 0.25) is 0 Å². The smallest absolute Gasteiger partial charge is 0.418 e. The van der Waals surface area contributed by atoms with Gasteiger partial charge in [-0.2, -0.15) is 13.2 Å². The molecule has 0 aromatic heterocycles. The minimum absolute atomic E-state index is 0.0693. The standard InChI is InChI=1S/C11H10F3NO2/c12-11(13,14)7-3-1-2-6(8(7)15)10(4-5-10)9(16)17/h1-3H,4-5,15H2,(H,16,17). The molecule has 0 spiro atoms. The molecule has 0 saturated heterocycles. The number of aliphatic carboxylic acids is 1. The van der Waals surface area contributed by atoms with Crippen molar-refractivity contribution in [3.05, 3.63) is 29.3 Å². The Balaban J connectivity index is 2.55. The highest BCUT2D eigenvalue weighted by Crippen LogP contribution is 2.52. The molecule has 0 aliphatic heterocycles. The maximum atomic E-state index is 12.6. The van der Waals surface area contributed by atoms with Crippen LogP contribution in [0.1, 0.15) is 24.0 Å². The SMILES string of the molecule is Nc1c(C(F)(F)F)cccc1C1(C(=O)O)CC1. The molecule has 17 heavy (non-hydrogen) atoms. The first-order valence-electron chi connectivity index (χ1n) is 4.98. The number of alkyl halides is 3. The van der Waals surface area contributed by atoms with Gasteiger partial charge in [-0.15, -0.1) is 0 Å². The fourth-order valence-corrected chi connectivity index (χ4v) is 1.95. The van der Waals surface area contributed by atoms with E-state index in [1.165, 1.54) is 12.1 Å². The molecule has 92 valence electrons. The first-order valence-corrected chi connectivity index (χ1v) is 4.98. The third-order valence-corrected chi connectivity index (χ3v) is 3.09. The normalized spacial score (nSPS) is 17.8. The largest absolute Gasteiger partial charge is 0.481 e. The number of rotatable bonds is 2. The van der Waals surface area contributed by atoms with Crippen LogP contribution in [0, 0.1) is 0 Å². The number of nitrogens with two attached hydrogens (primary N) is 1. The highest BCUT2D eigenvalue weighted by molar-refractivity contribution is 5.87. The van der Waals surface area contributed by atoms with Gasteiger partial charge in [0, 0.05) is 5.69 Å². The number of nitrogen functional groups attached to an aromatic ring is 1. The summed E-state index contributed by atoms with van der Waals surface area (Å²) in [4.78, 5) is 11.1. The van der Waals surface area contributed by atoms with Crippen LogP contribution in [-0.4, -0.2) is 11.1 Å². The third-order valence-electron chi connectivity index (χ3n) is 3.09. The second kappa shape index (κ2) is 3.38. The molecule has 1 saturated carbocycles. The summed E-state index contributed by atoms with van der Waals surface area (Å²) in [6.45, 7) is 0. The lowest BCUT2D eigenvalue weighted by Crippen LogP contribution is -2.22. The number of benzene rings is 1. The number of carbonyl (C=O) groups is 1. The predicted octanol–water partition coefficient (Wildman–Crippen LogP) is 2.40. The number of hydrogen-bond donors (Lipinski definition) is 2. The van der Waals surface area contributed by atoms with Crippen LogP contribution in [0.15, 0.2) is 18.2 Å². The molecule has 1 aromatic carbocycles. The summed E-state index contributed by atoms with van der Waals surface area (Å²) in [7, 11) is 0. The van der Waals surface area contributed by atoms with Crippen molar-refractivity contribution in [1.82, 2.24) is 0 Å². The summed E-state index contributed by atoms with van der Waals surface area (Å²) in [5.74, 6) is -1.12. The van der Waals surface area contributed by atoms with Gasteiger partial charge in [-0.1, -0.05) is 12.1 Å². The Labute approximate surface area is 95.0 Å². The first-order chi connectivity index (χ1) is 7.79. The van der Waals surface area contributed by atoms with E-state index in [0.717, 1.165) is 6.07 Å². The number of para-hydroxylation sites is 1. The number of halogens is 3. The lowest BCUT2D eigenvalue weighted by atomic mass is 9.92. The lowest BCUT2D eigenvalue weighted by molar-refractivity contribution is -0.140. The average molecular weight is 245 g/mol. The molecular weight excluding hydrogens is 235 g/mol. The molecule has 3 N–H and O–H groups in total. The highest BCUT2D eigenvalue weighted by atomic mass is 19.4. The van der Waals surface area contributed by atoms with Crippen LogP contribution < -0.4 is 5.73 Å². The van der Waals surface area contributed by atoms with Gasteiger partial charge in [0.15, 0.2) is 0 Å². The van der Waals surface area contributed by atoms with Gasteiger partial charge < -0.3 is 10.8 Å². The van der Waals surface area contributed by atoms with Crippen LogP contribution in [0.25, 0.3) is 0 Å². The molecule has 0 heterocycles. The van der Waals surface area contributed by atoms with Crippen LogP contribution in [0.2, 0.25) is 0 Å². The second-order valence-corrected chi connectivity index (χ2v) is 4.15. The van der Waals surface area contributed by atoms with Gasteiger partial charge in [-0.25, -0.2) is 0 Å². The molecule has 0 unspecified atom stereocenters. The summed E-state index contributed by atoms with van der Waals surface area (Å²) < 4.78 is 37.8. The molecule has 3 nitrogen and oxygen atoms in total. The number of anilines is 1. The molecule has 1 aliphatic carbocycles. The van der Waals surface area contributed by atoms with Gasteiger partial charge in [0.1, 0.15) is 0 Å². The van der Waals surface area contributed by atoms with Crippen molar-refractivity contribution in [1.29, 1.82) is 0 Å². The number of carboxylic acids is 1. The van der Waals surface area contributed by atoms with Crippen molar-refractivity contribution in [2.75, 3.05) is 5.73 Å². The van der Waals surface area contributed by atoms with E-state index in [2.05, 4.69) is 0 Å². The van der Waals surface area contributed by atoms with Crippen LogP contribution in [-0.2, 0) is 16.4 Å². The van der Waals surface area contributed by atoms with Crippen molar-refractivity contribution in [2.45, 2.75) is 24.4 Å². The third kappa shape index (κ3) is 1.73. The van der Waals surface area contributed by atoms with Crippen LogP contribution in [0.4, 0.5) is 18.9 Å². The maximum absolute atomic E-state index is 12.6. The summed E-state index contributed by atoms with van der Waals surface area (Å²) >= 11 is 0. The fourth-order valence-electron chi connectivity index (χ4n) is 1.95. The molecule has 1 aromatic rings. The monoisotopic (exact) mass is 245 g/mol. The molecule has 0 atom stereocenters. The number of hydrogen-bond acceptors (Lipinski definition) is 2. The van der Waals surface area contributed by atoms with E-state index < -0.39 is 28.8 Å². The molecular formula is C11H10F3NO2. The summed E-state index contributed by atoms with van der Waals surface area (Å²) in [5, 5.41) is 9.04. The lowest BCUT2D eigenvalue weighted by Gasteiger charge is -2.17. The van der Waals surface area contributed by atoms with Crippen molar-refractivity contribution in [2.24, 2.45) is 0 Å². The Morgan fingerprint density at radius 3 is 2.35 bits per heavy atom. The van der Waals surface area contributed by atoms with E-state index in [1.54, 1.807) is 0 Å². The van der Waals surface area contributed by atoms with Gasteiger partial charge in [-0.3, -0.25) is 4.79 Å².